The molecule has 2 N–H and O–H groups in total. The molecule has 0 amide bonds. The molecule has 3 heteroatoms. The molecule has 15 heavy (non-hydrogen) atoms. The molecule has 0 radical (unpaired) electrons. The Kier molecular flexibility index (Phi) is 2.56. The largest absolute Gasteiger partial charge is 0.390 e. The maximum atomic E-state index is 8.97. The third-order valence-corrected chi connectivity index (χ3v) is 2.52. The van der Waals surface area contributed by atoms with Gasteiger partial charge in [-0.1, -0.05) is 18.2 Å². The number of H-pyrrole nitrogens is 1. The maximum absolute atomic E-state index is 8.97. The van der Waals surface area contributed by atoms with Crippen molar-refractivity contribution in [1.82, 2.24) is 9.97 Å². The van der Waals surface area contributed by atoms with Crippen molar-refractivity contribution in [2.45, 2.75) is 20.5 Å². The van der Waals surface area contributed by atoms with Crippen LogP contribution in [-0.2, 0) is 6.61 Å². The van der Waals surface area contributed by atoms with Crippen molar-refractivity contribution < 1.29 is 5.11 Å². The fourth-order valence-electron chi connectivity index (χ4n) is 1.75. The van der Waals surface area contributed by atoms with Gasteiger partial charge in [0.15, 0.2) is 0 Å². The minimum Gasteiger partial charge on any atom is -0.390 e. The standard InChI is InChI=1S/C12H14N2O/c1-8-4-3-5-9(2)11(8)12-13-6-10(7-15)14-12/h3-6,15H,7H2,1-2H3,(H,13,14). The van der Waals surface area contributed by atoms with Crippen molar-refractivity contribution in [2.75, 3.05) is 0 Å². The van der Waals surface area contributed by atoms with Crippen LogP contribution in [0.1, 0.15) is 16.8 Å². The number of hydrogen-bond acceptors (Lipinski definition) is 2. The zero-order valence-corrected chi connectivity index (χ0v) is 8.91. The first-order valence-electron chi connectivity index (χ1n) is 4.93. The predicted octanol–water partition coefficient (Wildman–Crippen LogP) is 2.19. The second-order valence-corrected chi connectivity index (χ2v) is 3.68. The highest BCUT2D eigenvalue weighted by Crippen LogP contribution is 2.24. The lowest BCUT2D eigenvalue weighted by Crippen LogP contribution is -1.90. The Hall–Kier alpha value is -1.61. The molecule has 0 unspecified atom stereocenters. The van der Waals surface area contributed by atoms with Gasteiger partial charge in [0.05, 0.1) is 18.5 Å². The zero-order chi connectivity index (χ0) is 10.8. The van der Waals surface area contributed by atoms with Crippen LogP contribution in [0.15, 0.2) is 24.4 Å². The van der Waals surface area contributed by atoms with E-state index >= 15 is 0 Å². The summed E-state index contributed by atoms with van der Waals surface area (Å²) in [5.41, 5.74) is 4.24. The molecular formula is C12H14N2O. The molecule has 1 aromatic heterocycles. The van der Waals surface area contributed by atoms with Gasteiger partial charge in [-0.3, -0.25) is 0 Å². The average molecular weight is 202 g/mol. The fourth-order valence-corrected chi connectivity index (χ4v) is 1.75. The van der Waals surface area contributed by atoms with Crippen LogP contribution in [0, 0.1) is 13.8 Å². The second-order valence-electron chi connectivity index (χ2n) is 3.68. The van der Waals surface area contributed by atoms with Gasteiger partial charge in [-0.25, -0.2) is 4.98 Å². The maximum Gasteiger partial charge on any atom is 0.138 e. The normalized spacial score (nSPS) is 10.6. The highest BCUT2D eigenvalue weighted by atomic mass is 16.3. The summed E-state index contributed by atoms with van der Waals surface area (Å²) in [5.74, 6) is 0.828. The molecular weight excluding hydrogens is 188 g/mol. The predicted molar refractivity (Wildman–Crippen MR) is 59.4 cm³/mol. The lowest BCUT2D eigenvalue weighted by Gasteiger charge is -2.06. The number of aromatic nitrogens is 2. The summed E-state index contributed by atoms with van der Waals surface area (Å²) in [6, 6.07) is 6.15. The van der Waals surface area contributed by atoms with E-state index in [1.807, 2.05) is 6.07 Å². The minimum atomic E-state index is -0.00205. The van der Waals surface area contributed by atoms with Gasteiger partial charge in [0, 0.05) is 5.56 Å². The van der Waals surface area contributed by atoms with Gasteiger partial charge < -0.3 is 10.1 Å². The topological polar surface area (TPSA) is 48.9 Å². The smallest absolute Gasteiger partial charge is 0.138 e. The number of imidazole rings is 1. The van der Waals surface area contributed by atoms with Crippen LogP contribution in [-0.4, -0.2) is 15.1 Å². The molecule has 0 spiro atoms. The summed E-state index contributed by atoms with van der Waals surface area (Å²) in [4.78, 5) is 7.36. The Morgan fingerprint density at radius 3 is 2.47 bits per heavy atom. The monoisotopic (exact) mass is 202 g/mol. The van der Waals surface area contributed by atoms with Gasteiger partial charge in [-0.2, -0.15) is 0 Å². The number of aliphatic hydroxyl groups is 1. The number of aryl methyl sites for hydroxylation is 2. The van der Waals surface area contributed by atoms with Crippen molar-refractivity contribution in [3.8, 4) is 11.4 Å². The van der Waals surface area contributed by atoms with Gasteiger partial charge in [0.2, 0.25) is 0 Å². The van der Waals surface area contributed by atoms with E-state index in [1.165, 1.54) is 11.1 Å². The Morgan fingerprint density at radius 1 is 1.27 bits per heavy atom. The first kappa shape index (κ1) is 9.93. The first-order chi connectivity index (χ1) is 7.22. The molecule has 0 atom stereocenters. The number of hydrogen-bond donors (Lipinski definition) is 2. The second kappa shape index (κ2) is 3.87. The van der Waals surface area contributed by atoms with Crippen molar-refractivity contribution >= 4 is 0 Å². The molecule has 0 aliphatic heterocycles. The summed E-state index contributed by atoms with van der Waals surface area (Å²) in [6.07, 6.45) is 1.67. The van der Waals surface area contributed by atoms with Gasteiger partial charge in [0.25, 0.3) is 0 Å². The quantitative estimate of drug-likeness (QED) is 0.784. The Labute approximate surface area is 88.8 Å². The van der Waals surface area contributed by atoms with Crippen molar-refractivity contribution in [2.24, 2.45) is 0 Å². The Balaban J connectivity index is 2.53. The van der Waals surface area contributed by atoms with Gasteiger partial charge >= 0.3 is 0 Å². The average Bonchev–Trinajstić information content (AvgIpc) is 2.66. The summed E-state index contributed by atoms with van der Waals surface area (Å²) in [7, 11) is 0. The fraction of sp³-hybridized carbons (Fsp3) is 0.250. The zero-order valence-electron chi connectivity index (χ0n) is 8.91. The molecule has 3 nitrogen and oxygen atoms in total. The van der Waals surface area contributed by atoms with Crippen molar-refractivity contribution in [3.63, 3.8) is 0 Å². The molecule has 0 saturated heterocycles. The van der Waals surface area contributed by atoms with E-state index < -0.39 is 0 Å². The summed E-state index contributed by atoms with van der Waals surface area (Å²) >= 11 is 0. The molecule has 0 aliphatic carbocycles. The van der Waals surface area contributed by atoms with E-state index in [1.54, 1.807) is 6.20 Å². The Morgan fingerprint density at radius 2 is 1.93 bits per heavy atom. The van der Waals surface area contributed by atoms with Gasteiger partial charge in [0.1, 0.15) is 5.82 Å². The molecule has 0 fully saturated rings. The van der Waals surface area contributed by atoms with E-state index in [9.17, 15) is 0 Å². The molecule has 78 valence electrons. The van der Waals surface area contributed by atoms with Crippen LogP contribution >= 0.6 is 0 Å². The molecule has 1 heterocycles. The van der Waals surface area contributed by atoms with Crippen LogP contribution in [0.2, 0.25) is 0 Å². The van der Waals surface area contributed by atoms with Crippen LogP contribution in [0.5, 0.6) is 0 Å². The van der Waals surface area contributed by atoms with E-state index in [2.05, 4.69) is 35.9 Å². The minimum absolute atomic E-state index is 0.00205. The number of rotatable bonds is 2. The van der Waals surface area contributed by atoms with E-state index in [-0.39, 0.29) is 6.61 Å². The third-order valence-electron chi connectivity index (χ3n) is 2.52. The van der Waals surface area contributed by atoms with Crippen molar-refractivity contribution in [3.05, 3.63) is 41.2 Å². The molecule has 2 rings (SSSR count). The number of aromatic amines is 1. The molecule has 0 saturated carbocycles. The van der Waals surface area contributed by atoms with E-state index in [4.69, 9.17) is 5.11 Å². The molecule has 0 bridgehead atoms. The lowest BCUT2D eigenvalue weighted by molar-refractivity contribution is 0.277. The number of aliphatic hydroxyl groups excluding tert-OH is 1. The van der Waals surface area contributed by atoms with Crippen LogP contribution in [0.25, 0.3) is 11.4 Å². The van der Waals surface area contributed by atoms with E-state index in [0.29, 0.717) is 0 Å². The number of nitrogens with one attached hydrogen (secondary N) is 1. The lowest BCUT2D eigenvalue weighted by atomic mass is 10.0. The van der Waals surface area contributed by atoms with Gasteiger partial charge in [-0.05, 0) is 25.0 Å². The highest BCUT2D eigenvalue weighted by Gasteiger charge is 2.08. The SMILES string of the molecule is Cc1cccc(C)c1-c1ncc(CO)[nH]1. The number of benzene rings is 1. The highest BCUT2D eigenvalue weighted by molar-refractivity contribution is 5.64. The first-order valence-corrected chi connectivity index (χ1v) is 4.93. The number of nitrogens with zero attached hydrogens (tertiary/aromatic N) is 1. The van der Waals surface area contributed by atoms with Crippen LogP contribution in [0.4, 0.5) is 0 Å². The molecule has 1 aromatic carbocycles. The van der Waals surface area contributed by atoms with Crippen molar-refractivity contribution in [1.29, 1.82) is 0 Å². The molecule has 2 aromatic rings. The molecule has 0 aliphatic rings. The summed E-state index contributed by atoms with van der Waals surface area (Å²) in [5, 5.41) is 8.97. The van der Waals surface area contributed by atoms with Crippen LogP contribution < -0.4 is 0 Å². The van der Waals surface area contributed by atoms with Crippen LogP contribution in [0.3, 0.4) is 0 Å². The Bertz CT molecular complexity index is 454. The van der Waals surface area contributed by atoms with E-state index in [0.717, 1.165) is 17.1 Å². The summed E-state index contributed by atoms with van der Waals surface area (Å²) < 4.78 is 0. The van der Waals surface area contributed by atoms with Gasteiger partial charge in [-0.15, -0.1) is 0 Å². The summed E-state index contributed by atoms with van der Waals surface area (Å²) in [6.45, 7) is 4.12. The third kappa shape index (κ3) is 1.78.